The summed E-state index contributed by atoms with van der Waals surface area (Å²) < 4.78 is 5.53. The average Bonchev–Trinajstić information content (AvgIpc) is 2.53. The predicted octanol–water partition coefficient (Wildman–Crippen LogP) is 0.983. The molecule has 5 heteroatoms. The van der Waals surface area contributed by atoms with Gasteiger partial charge in [-0.1, -0.05) is 37.3 Å². The Labute approximate surface area is 125 Å². The molecule has 2 amide bonds. The van der Waals surface area contributed by atoms with E-state index < -0.39 is 0 Å². The fraction of sp³-hybridized carbons (Fsp3) is 0.500. The topological polar surface area (TPSA) is 58.6 Å². The minimum atomic E-state index is -0.130. The molecule has 1 unspecified atom stereocenters. The third-order valence-electron chi connectivity index (χ3n) is 3.59. The van der Waals surface area contributed by atoms with Crippen LogP contribution in [-0.2, 0) is 20.7 Å². The van der Waals surface area contributed by atoms with Crippen LogP contribution in [0.3, 0.4) is 0 Å². The lowest BCUT2D eigenvalue weighted by Gasteiger charge is -2.32. The SMILES string of the molecule is CCC1CN(C(=O)CNC(=O)Cc2ccccc2)CCO1. The summed E-state index contributed by atoms with van der Waals surface area (Å²) in [5.41, 5.74) is 0.944. The fourth-order valence-electron chi connectivity index (χ4n) is 2.32. The molecule has 0 saturated carbocycles. The molecule has 1 heterocycles. The lowest BCUT2D eigenvalue weighted by molar-refractivity contribution is -0.139. The van der Waals surface area contributed by atoms with E-state index in [9.17, 15) is 9.59 Å². The molecule has 0 aliphatic carbocycles. The van der Waals surface area contributed by atoms with Crippen molar-refractivity contribution in [3.8, 4) is 0 Å². The normalized spacial score (nSPS) is 18.3. The van der Waals surface area contributed by atoms with Crippen molar-refractivity contribution >= 4 is 11.8 Å². The number of hydrogen-bond donors (Lipinski definition) is 1. The van der Waals surface area contributed by atoms with Gasteiger partial charge in [0.1, 0.15) is 0 Å². The molecule has 1 aromatic carbocycles. The fourth-order valence-corrected chi connectivity index (χ4v) is 2.32. The number of nitrogens with zero attached hydrogens (tertiary/aromatic N) is 1. The van der Waals surface area contributed by atoms with Crippen LogP contribution >= 0.6 is 0 Å². The number of carbonyl (C=O) groups excluding carboxylic acids is 2. The minimum Gasteiger partial charge on any atom is -0.375 e. The Kier molecular flexibility index (Phi) is 5.75. The van der Waals surface area contributed by atoms with E-state index in [1.54, 1.807) is 4.90 Å². The van der Waals surface area contributed by atoms with Crippen molar-refractivity contribution in [1.82, 2.24) is 10.2 Å². The second-order valence-corrected chi connectivity index (χ2v) is 5.18. The van der Waals surface area contributed by atoms with Crippen molar-refractivity contribution in [2.45, 2.75) is 25.9 Å². The zero-order chi connectivity index (χ0) is 15.1. The van der Waals surface area contributed by atoms with E-state index in [0.29, 0.717) is 26.1 Å². The average molecular weight is 290 g/mol. The minimum absolute atomic E-state index is 0.0434. The molecule has 1 fully saturated rings. The van der Waals surface area contributed by atoms with Gasteiger partial charge in [-0.25, -0.2) is 0 Å². The van der Waals surface area contributed by atoms with Gasteiger partial charge in [0.15, 0.2) is 0 Å². The van der Waals surface area contributed by atoms with Crippen LogP contribution in [-0.4, -0.2) is 49.1 Å². The zero-order valence-electron chi connectivity index (χ0n) is 12.4. The van der Waals surface area contributed by atoms with Gasteiger partial charge in [-0.15, -0.1) is 0 Å². The molecule has 5 nitrogen and oxygen atoms in total. The molecule has 2 rings (SSSR count). The molecule has 0 aromatic heterocycles. The molecular weight excluding hydrogens is 268 g/mol. The summed E-state index contributed by atoms with van der Waals surface area (Å²) in [6.07, 6.45) is 1.31. The second kappa shape index (κ2) is 7.78. The van der Waals surface area contributed by atoms with Crippen LogP contribution in [0.2, 0.25) is 0 Å². The summed E-state index contributed by atoms with van der Waals surface area (Å²) in [5.74, 6) is -0.173. The summed E-state index contributed by atoms with van der Waals surface area (Å²) >= 11 is 0. The Morgan fingerprint density at radius 1 is 1.33 bits per heavy atom. The molecule has 0 bridgehead atoms. The summed E-state index contributed by atoms with van der Waals surface area (Å²) in [5, 5.41) is 2.69. The maximum absolute atomic E-state index is 12.1. The Balaban J connectivity index is 1.74. The molecule has 1 saturated heterocycles. The van der Waals surface area contributed by atoms with Crippen LogP contribution in [0.5, 0.6) is 0 Å². The first-order chi connectivity index (χ1) is 10.2. The van der Waals surface area contributed by atoms with Crippen LogP contribution in [0.4, 0.5) is 0 Å². The lowest BCUT2D eigenvalue weighted by atomic mass is 10.1. The molecule has 0 radical (unpaired) electrons. The molecular formula is C16H22N2O3. The van der Waals surface area contributed by atoms with E-state index in [1.807, 2.05) is 37.3 Å². The quantitative estimate of drug-likeness (QED) is 0.879. The lowest BCUT2D eigenvalue weighted by Crippen LogP contribution is -2.49. The number of benzene rings is 1. The Morgan fingerprint density at radius 3 is 2.81 bits per heavy atom. The summed E-state index contributed by atoms with van der Waals surface area (Å²) in [6.45, 7) is 3.89. The Hall–Kier alpha value is -1.88. The largest absolute Gasteiger partial charge is 0.375 e. The summed E-state index contributed by atoms with van der Waals surface area (Å²) in [7, 11) is 0. The molecule has 1 atom stereocenters. The van der Waals surface area contributed by atoms with Crippen molar-refractivity contribution in [3.05, 3.63) is 35.9 Å². The molecule has 1 N–H and O–H groups in total. The van der Waals surface area contributed by atoms with E-state index in [-0.39, 0.29) is 24.5 Å². The van der Waals surface area contributed by atoms with E-state index in [0.717, 1.165) is 12.0 Å². The Morgan fingerprint density at radius 2 is 2.10 bits per heavy atom. The predicted molar refractivity (Wildman–Crippen MR) is 79.8 cm³/mol. The van der Waals surface area contributed by atoms with Crippen molar-refractivity contribution in [1.29, 1.82) is 0 Å². The van der Waals surface area contributed by atoms with Gasteiger partial charge in [0.05, 0.1) is 25.7 Å². The Bertz CT molecular complexity index is 476. The van der Waals surface area contributed by atoms with E-state index in [2.05, 4.69) is 5.32 Å². The van der Waals surface area contributed by atoms with Crippen molar-refractivity contribution in [3.63, 3.8) is 0 Å². The maximum atomic E-state index is 12.1. The molecule has 1 aliphatic heterocycles. The molecule has 1 aromatic rings. The van der Waals surface area contributed by atoms with Gasteiger partial charge in [-0.3, -0.25) is 9.59 Å². The van der Waals surface area contributed by atoms with Crippen LogP contribution in [0.15, 0.2) is 30.3 Å². The second-order valence-electron chi connectivity index (χ2n) is 5.18. The standard InChI is InChI=1S/C16H22N2O3/c1-2-14-12-18(8-9-21-14)16(20)11-17-15(19)10-13-6-4-3-5-7-13/h3-7,14H,2,8-12H2,1H3,(H,17,19). The first-order valence-electron chi connectivity index (χ1n) is 7.39. The van der Waals surface area contributed by atoms with Gasteiger partial charge in [-0.05, 0) is 12.0 Å². The van der Waals surface area contributed by atoms with Crippen molar-refractivity contribution < 1.29 is 14.3 Å². The molecule has 0 spiro atoms. The number of rotatable bonds is 5. The first kappa shape index (κ1) is 15.5. The van der Waals surface area contributed by atoms with E-state index in [1.165, 1.54) is 0 Å². The van der Waals surface area contributed by atoms with Gasteiger partial charge < -0.3 is 15.0 Å². The monoisotopic (exact) mass is 290 g/mol. The number of morpholine rings is 1. The van der Waals surface area contributed by atoms with Crippen LogP contribution < -0.4 is 5.32 Å². The number of carbonyl (C=O) groups is 2. The summed E-state index contributed by atoms with van der Waals surface area (Å²) in [6, 6.07) is 9.50. The van der Waals surface area contributed by atoms with E-state index in [4.69, 9.17) is 4.74 Å². The van der Waals surface area contributed by atoms with Gasteiger partial charge in [0, 0.05) is 13.1 Å². The van der Waals surface area contributed by atoms with E-state index >= 15 is 0 Å². The summed E-state index contributed by atoms with van der Waals surface area (Å²) in [4.78, 5) is 25.7. The zero-order valence-corrected chi connectivity index (χ0v) is 12.4. The highest BCUT2D eigenvalue weighted by Gasteiger charge is 2.23. The number of ether oxygens (including phenoxy) is 1. The molecule has 1 aliphatic rings. The van der Waals surface area contributed by atoms with Crippen LogP contribution in [0.1, 0.15) is 18.9 Å². The number of nitrogens with one attached hydrogen (secondary N) is 1. The number of hydrogen-bond acceptors (Lipinski definition) is 3. The molecule has 21 heavy (non-hydrogen) atoms. The highest BCUT2D eigenvalue weighted by molar-refractivity contribution is 5.85. The van der Waals surface area contributed by atoms with Gasteiger partial charge in [0.2, 0.25) is 11.8 Å². The highest BCUT2D eigenvalue weighted by atomic mass is 16.5. The molecule has 114 valence electrons. The maximum Gasteiger partial charge on any atom is 0.242 e. The van der Waals surface area contributed by atoms with Crippen LogP contribution in [0, 0.1) is 0 Å². The number of amides is 2. The van der Waals surface area contributed by atoms with Gasteiger partial charge in [0.25, 0.3) is 0 Å². The van der Waals surface area contributed by atoms with Crippen molar-refractivity contribution in [2.75, 3.05) is 26.2 Å². The van der Waals surface area contributed by atoms with Crippen LogP contribution in [0.25, 0.3) is 0 Å². The third kappa shape index (κ3) is 4.86. The van der Waals surface area contributed by atoms with Gasteiger partial charge >= 0.3 is 0 Å². The smallest absolute Gasteiger partial charge is 0.242 e. The van der Waals surface area contributed by atoms with Crippen molar-refractivity contribution in [2.24, 2.45) is 0 Å². The van der Waals surface area contributed by atoms with Gasteiger partial charge in [-0.2, -0.15) is 0 Å². The highest BCUT2D eigenvalue weighted by Crippen LogP contribution is 2.08. The first-order valence-corrected chi connectivity index (χ1v) is 7.39. The third-order valence-corrected chi connectivity index (χ3v) is 3.59.